The van der Waals surface area contributed by atoms with E-state index in [0.717, 1.165) is 0 Å². The van der Waals surface area contributed by atoms with Crippen LogP contribution in [0.5, 0.6) is 0 Å². The molecule has 0 aliphatic heterocycles. The van der Waals surface area contributed by atoms with Crippen LogP contribution in [0.3, 0.4) is 0 Å². The molecule has 9 heteroatoms. The molecule has 0 aliphatic carbocycles. The summed E-state index contributed by atoms with van der Waals surface area (Å²) < 4.78 is 0. The van der Waals surface area contributed by atoms with Crippen molar-refractivity contribution < 1.29 is 9.59 Å². The predicted molar refractivity (Wildman–Crippen MR) is 46.2 cm³/mol. The molecule has 0 unspecified atom stereocenters. The standard InChI is InChI=1S/C5H7N7O2/c6-4(13)8-2-1-3(9-5(7)14)11-12-10-2/h1H,(H6,6,7,8,9,10,11,13,14). The van der Waals surface area contributed by atoms with Gasteiger partial charge in [0, 0.05) is 6.07 Å². The molecule has 1 rings (SSSR count). The minimum Gasteiger partial charge on any atom is -0.351 e. The summed E-state index contributed by atoms with van der Waals surface area (Å²) in [6, 6.07) is -0.339. The molecule has 0 atom stereocenters. The fourth-order valence-electron chi connectivity index (χ4n) is 0.681. The number of primary amides is 2. The number of anilines is 2. The Kier molecular flexibility index (Phi) is 2.74. The molecule has 4 amide bonds. The molecule has 1 aromatic rings. The summed E-state index contributed by atoms with van der Waals surface area (Å²) in [7, 11) is 0. The van der Waals surface area contributed by atoms with Crippen LogP contribution in [0.4, 0.5) is 21.2 Å². The zero-order chi connectivity index (χ0) is 10.6. The third kappa shape index (κ3) is 2.89. The van der Waals surface area contributed by atoms with Gasteiger partial charge in [-0.25, -0.2) is 9.59 Å². The summed E-state index contributed by atoms with van der Waals surface area (Å²) in [4.78, 5) is 20.8. The number of nitrogens with zero attached hydrogens (tertiary/aromatic N) is 3. The maximum Gasteiger partial charge on any atom is 0.317 e. The van der Waals surface area contributed by atoms with Gasteiger partial charge >= 0.3 is 12.1 Å². The van der Waals surface area contributed by atoms with Gasteiger partial charge < -0.3 is 11.5 Å². The van der Waals surface area contributed by atoms with Crippen LogP contribution in [0.15, 0.2) is 6.07 Å². The lowest BCUT2D eigenvalue weighted by atomic mass is 10.5. The number of aromatic nitrogens is 3. The van der Waals surface area contributed by atoms with Crippen molar-refractivity contribution in [2.24, 2.45) is 11.5 Å². The van der Waals surface area contributed by atoms with Crippen molar-refractivity contribution in [2.45, 2.75) is 0 Å². The number of urea groups is 2. The molecule has 0 bridgehead atoms. The van der Waals surface area contributed by atoms with Gasteiger partial charge in [-0.1, -0.05) is 0 Å². The number of rotatable bonds is 2. The molecule has 14 heavy (non-hydrogen) atoms. The van der Waals surface area contributed by atoms with E-state index in [4.69, 9.17) is 11.5 Å². The highest BCUT2D eigenvalue weighted by Gasteiger charge is 2.03. The summed E-state index contributed by atoms with van der Waals surface area (Å²) in [6.07, 6.45) is 0. The number of carbonyl (C=O) groups excluding carboxylic acids is 2. The number of nitrogens with one attached hydrogen (secondary N) is 2. The second-order valence-corrected chi connectivity index (χ2v) is 2.18. The summed E-state index contributed by atoms with van der Waals surface area (Å²) >= 11 is 0. The van der Waals surface area contributed by atoms with Crippen molar-refractivity contribution in [3.05, 3.63) is 6.07 Å². The number of nitrogens with two attached hydrogens (primary N) is 2. The van der Waals surface area contributed by atoms with E-state index in [1.165, 1.54) is 6.07 Å². The monoisotopic (exact) mass is 197 g/mol. The van der Waals surface area contributed by atoms with Gasteiger partial charge in [-0.05, 0) is 5.21 Å². The van der Waals surface area contributed by atoms with Gasteiger partial charge in [0.2, 0.25) is 0 Å². The van der Waals surface area contributed by atoms with Crippen LogP contribution < -0.4 is 22.1 Å². The maximum atomic E-state index is 10.4. The summed E-state index contributed by atoms with van der Waals surface area (Å²) in [5.41, 5.74) is 9.65. The quantitative estimate of drug-likeness (QED) is 0.472. The van der Waals surface area contributed by atoms with Crippen molar-refractivity contribution in [3.8, 4) is 0 Å². The Morgan fingerprint density at radius 1 is 1.07 bits per heavy atom. The first-order valence-electron chi connectivity index (χ1n) is 3.41. The minimum absolute atomic E-state index is 0.0660. The van der Waals surface area contributed by atoms with Gasteiger partial charge in [0.1, 0.15) is 0 Å². The van der Waals surface area contributed by atoms with Gasteiger partial charge in [0.25, 0.3) is 0 Å². The van der Waals surface area contributed by atoms with Crippen molar-refractivity contribution in [1.29, 1.82) is 0 Å². The number of amides is 4. The molecule has 9 nitrogen and oxygen atoms in total. The lowest BCUT2D eigenvalue weighted by Crippen LogP contribution is -2.22. The normalized spacial score (nSPS) is 9.14. The van der Waals surface area contributed by atoms with E-state index in [-0.39, 0.29) is 11.6 Å². The third-order valence-electron chi connectivity index (χ3n) is 1.08. The number of hydrogen-bond acceptors (Lipinski definition) is 5. The molecule has 1 aromatic heterocycles. The van der Waals surface area contributed by atoms with Crippen LogP contribution in [0.25, 0.3) is 0 Å². The second-order valence-electron chi connectivity index (χ2n) is 2.18. The Hall–Kier alpha value is -2.45. The Balaban J connectivity index is 2.78. The topological polar surface area (TPSA) is 149 Å². The van der Waals surface area contributed by atoms with Gasteiger partial charge in [0.15, 0.2) is 11.6 Å². The van der Waals surface area contributed by atoms with Crippen LogP contribution in [-0.2, 0) is 0 Å². The van der Waals surface area contributed by atoms with Crippen molar-refractivity contribution in [2.75, 3.05) is 10.6 Å². The average Bonchev–Trinajstić information content (AvgIpc) is 2.01. The van der Waals surface area contributed by atoms with E-state index < -0.39 is 12.1 Å². The van der Waals surface area contributed by atoms with Crippen molar-refractivity contribution in [3.63, 3.8) is 0 Å². The van der Waals surface area contributed by atoms with Gasteiger partial charge in [0.05, 0.1) is 0 Å². The second kappa shape index (κ2) is 3.98. The lowest BCUT2D eigenvalue weighted by molar-refractivity contribution is 0.258. The first-order chi connectivity index (χ1) is 6.58. The van der Waals surface area contributed by atoms with E-state index in [0.29, 0.717) is 0 Å². The van der Waals surface area contributed by atoms with Crippen LogP contribution in [0.1, 0.15) is 0 Å². The average molecular weight is 197 g/mol. The first kappa shape index (κ1) is 9.64. The summed E-state index contributed by atoms with van der Waals surface area (Å²) in [5.74, 6) is 0.132. The Morgan fingerprint density at radius 3 is 1.86 bits per heavy atom. The van der Waals surface area contributed by atoms with Gasteiger partial charge in [-0.2, -0.15) is 0 Å². The van der Waals surface area contributed by atoms with Gasteiger partial charge in [-0.3, -0.25) is 10.6 Å². The van der Waals surface area contributed by atoms with Crippen LogP contribution in [0, 0.1) is 0 Å². The molecule has 74 valence electrons. The Bertz CT molecular complexity index is 334. The fraction of sp³-hybridized carbons (Fsp3) is 0. The molecule has 0 aliphatic rings. The summed E-state index contributed by atoms with van der Waals surface area (Å²) in [6.45, 7) is 0. The molecule has 0 saturated carbocycles. The largest absolute Gasteiger partial charge is 0.351 e. The maximum absolute atomic E-state index is 10.4. The fourth-order valence-corrected chi connectivity index (χ4v) is 0.681. The van der Waals surface area contributed by atoms with Crippen LogP contribution in [-0.4, -0.2) is 27.5 Å². The molecule has 6 N–H and O–H groups in total. The van der Waals surface area contributed by atoms with Crippen molar-refractivity contribution >= 4 is 23.7 Å². The SMILES string of the molecule is NC(=O)Nc1cc(NC(N)=O)nnn1. The number of carbonyl (C=O) groups is 2. The molecule has 1 heterocycles. The molecular formula is C5H7N7O2. The zero-order valence-electron chi connectivity index (χ0n) is 6.89. The van der Waals surface area contributed by atoms with Gasteiger partial charge in [-0.15, -0.1) is 10.2 Å². The number of hydrogen-bond donors (Lipinski definition) is 4. The van der Waals surface area contributed by atoms with Crippen molar-refractivity contribution in [1.82, 2.24) is 15.4 Å². The van der Waals surface area contributed by atoms with E-state index in [2.05, 4.69) is 26.0 Å². The van der Waals surface area contributed by atoms with E-state index in [1.54, 1.807) is 0 Å². The van der Waals surface area contributed by atoms with E-state index in [9.17, 15) is 9.59 Å². The molecule has 0 aromatic carbocycles. The predicted octanol–water partition coefficient (Wildman–Crippen LogP) is -1.15. The highest BCUT2D eigenvalue weighted by molar-refractivity contribution is 5.89. The highest BCUT2D eigenvalue weighted by Crippen LogP contribution is 2.05. The third-order valence-corrected chi connectivity index (χ3v) is 1.08. The molecule has 0 spiro atoms. The van der Waals surface area contributed by atoms with E-state index >= 15 is 0 Å². The van der Waals surface area contributed by atoms with Crippen LogP contribution in [0.2, 0.25) is 0 Å². The lowest BCUT2D eigenvalue weighted by Gasteiger charge is -2.01. The first-order valence-corrected chi connectivity index (χ1v) is 3.41. The Labute approximate surface area is 77.9 Å². The highest BCUT2D eigenvalue weighted by atomic mass is 16.2. The van der Waals surface area contributed by atoms with E-state index in [1.807, 2.05) is 0 Å². The molecule has 0 saturated heterocycles. The summed E-state index contributed by atoms with van der Waals surface area (Å²) in [5, 5.41) is 14.4. The molecule has 0 fully saturated rings. The van der Waals surface area contributed by atoms with Crippen LogP contribution >= 0.6 is 0 Å². The smallest absolute Gasteiger partial charge is 0.317 e. The minimum atomic E-state index is -0.796. The molecular weight excluding hydrogens is 190 g/mol. The molecule has 0 radical (unpaired) electrons. The Morgan fingerprint density at radius 2 is 1.50 bits per heavy atom. The zero-order valence-corrected chi connectivity index (χ0v) is 6.89.